The second kappa shape index (κ2) is 3.32. The highest BCUT2D eigenvalue weighted by Crippen LogP contribution is 2.19. The molecule has 0 aromatic carbocycles. The molecule has 1 rings (SSSR count). The van der Waals surface area contributed by atoms with Gasteiger partial charge in [0.15, 0.2) is 0 Å². The van der Waals surface area contributed by atoms with Crippen molar-refractivity contribution >= 4 is 39.0 Å². The lowest BCUT2D eigenvalue weighted by Gasteiger charge is -2.07. The van der Waals surface area contributed by atoms with Gasteiger partial charge in [-0.2, -0.15) is 0 Å². The van der Waals surface area contributed by atoms with Crippen molar-refractivity contribution in [3.05, 3.63) is 21.7 Å². The molecule has 1 N–H and O–H groups in total. The van der Waals surface area contributed by atoms with Crippen LogP contribution in [0.5, 0.6) is 0 Å². The fourth-order valence-electron chi connectivity index (χ4n) is 0.736. The number of hydrogen-bond acceptors (Lipinski definition) is 2. The molecule has 0 saturated heterocycles. The van der Waals surface area contributed by atoms with Crippen LogP contribution in [0.25, 0.3) is 0 Å². The normalized spacial score (nSPS) is 21.7. The Labute approximate surface area is 78.3 Å². The van der Waals surface area contributed by atoms with E-state index < -0.39 is 0 Å². The Balaban J connectivity index is 3.10. The fraction of sp³-hybridized carbons (Fsp3) is 0.143. The molecule has 0 spiro atoms. The molecule has 0 aliphatic heterocycles. The van der Waals surface area contributed by atoms with E-state index in [0.717, 1.165) is 0 Å². The van der Waals surface area contributed by atoms with E-state index in [2.05, 4.69) is 20.9 Å². The van der Waals surface area contributed by atoms with E-state index >= 15 is 0 Å². The third-order valence-corrected chi connectivity index (χ3v) is 2.12. The van der Waals surface area contributed by atoms with Crippen LogP contribution in [0.3, 0.4) is 0 Å². The van der Waals surface area contributed by atoms with Gasteiger partial charge in [-0.15, -0.1) is 0 Å². The van der Waals surface area contributed by atoms with Gasteiger partial charge in [0, 0.05) is 16.6 Å². The summed E-state index contributed by atoms with van der Waals surface area (Å²) in [7, 11) is 1.64. The highest BCUT2D eigenvalue weighted by Gasteiger charge is 2.12. The van der Waals surface area contributed by atoms with Crippen LogP contribution in [-0.4, -0.2) is 18.5 Å². The van der Waals surface area contributed by atoms with Gasteiger partial charge in [-0.3, -0.25) is 10.4 Å². The van der Waals surface area contributed by atoms with E-state index in [4.69, 9.17) is 17.0 Å². The van der Waals surface area contributed by atoms with Crippen LogP contribution in [0.2, 0.25) is 0 Å². The molecule has 1 aliphatic carbocycles. The summed E-state index contributed by atoms with van der Waals surface area (Å²) in [4.78, 5) is 3.89. The highest BCUT2D eigenvalue weighted by atomic mass is 79.9. The monoisotopic (exact) mass is 232 g/mol. The van der Waals surface area contributed by atoms with Crippen LogP contribution in [0.4, 0.5) is 0 Å². The lowest BCUT2D eigenvalue weighted by Crippen LogP contribution is -2.13. The van der Waals surface area contributed by atoms with E-state index in [1.165, 1.54) is 0 Å². The Morgan fingerprint density at radius 1 is 1.55 bits per heavy atom. The summed E-state index contributed by atoms with van der Waals surface area (Å²) in [6.45, 7) is 0. The van der Waals surface area contributed by atoms with Crippen molar-refractivity contribution < 1.29 is 0 Å². The smallest absolute Gasteiger partial charge is 0.0934 e. The summed E-state index contributed by atoms with van der Waals surface area (Å²) >= 11 is 8.93. The van der Waals surface area contributed by atoms with E-state index in [1.54, 1.807) is 19.2 Å². The number of halogens is 2. The first kappa shape index (κ1) is 8.68. The first-order valence-electron chi connectivity index (χ1n) is 2.95. The number of aliphatic imine (C=N–C) groups is 1. The standard InChI is InChI=1S/C7H6BrClN2/c1-11-6-3-4(9)2-5(8)7(6)10/h2-3,10H,1H3/b10-7?,11-6-. The average Bonchev–Trinajstić information content (AvgIpc) is 1.96. The van der Waals surface area contributed by atoms with Crippen LogP contribution in [0, 0.1) is 5.41 Å². The average molecular weight is 233 g/mol. The molecule has 11 heavy (non-hydrogen) atoms. The third-order valence-electron chi connectivity index (χ3n) is 1.28. The fourth-order valence-corrected chi connectivity index (χ4v) is 1.53. The number of nitrogens with zero attached hydrogens (tertiary/aromatic N) is 1. The molecule has 0 heterocycles. The Kier molecular flexibility index (Phi) is 2.62. The quantitative estimate of drug-likeness (QED) is 0.624. The van der Waals surface area contributed by atoms with Crippen LogP contribution in [-0.2, 0) is 0 Å². The predicted octanol–water partition coefficient (Wildman–Crippen LogP) is 2.49. The maximum Gasteiger partial charge on any atom is 0.0934 e. The Morgan fingerprint density at radius 2 is 2.18 bits per heavy atom. The van der Waals surface area contributed by atoms with Crippen molar-refractivity contribution in [1.82, 2.24) is 0 Å². The Morgan fingerprint density at radius 3 is 2.73 bits per heavy atom. The number of nitrogens with one attached hydrogen (secondary N) is 1. The summed E-state index contributed by atoms with van der Waals surface area (Å²) in [6, 6.07) is 0. The van der Waals surface area contributed by atoms with Crippen molar-refractivity contribution in [2.45, 2.75) is 0 Å². The molecule has 0 aromatic rings. The summed E-state index contributed by atoms with van der Waals surface area (Å²) in [5.41, 5.74) is 0.973. The second-order valence-corrected chi connectivity index (χ2v) is 3.30. The third kappa shape index (κ3) is 1.79. The van der Waals surface area contributed by atoms with Gasteiger partial charge in [0.25, 0.3) is 0 Å². The Bertz CT molecular complexity index is 289. The topological polar surface area (TPSA) is 36.2 Å². The van der Waals surface area contributed by atoms with Gasteiger partial charge in [-0.1, -0.05) is 11.6 Å². The molecule has 0 bridgehead atoms. The molecular formula is C7H6BrClN2. The van der Waals surface area contributed by atoms with Gasteiger partial charge < -0.3 is 0 Å². The zero-order valence-electron chi connectivity index (χ0n) is 5.86. The molecule has 1 aliphatic rings. The van der Waals surface area contributed by atoms with Gasteiger partial charge in [0.2, 0.25) is 0 Å². The van der Waals surface area contributed by atoms with Gasteiger partial charge in [-0.05, 0) is 28.1 Å². The first-order chi connectivity index (χ1) is 5.15. The molecule has 58 valence electrons. The lowest BCUT2D eigenvalue weighted by atomic mass is 10.1. The molecule has 0 atom stereocenters. The van der Waals surface area contributed by atoms with Crippen molar-refractivity contribution in [3.63, 3.8) is 0 Å². The van der Waals surface area contributed by atoms with Crippen molar-refractivity contribution in [1.29, 1.82) is 5.41 Å². The molecular weight excluding hydrogens is 227 g/mol. The molecule has 4 heteroatoms. The van der Waals surface area contributed by atoms with Crippen molar-refractivity contribution in [2.24, 2.45) is 4.99 Å². The zero-order valence-corrected chi connectivity index (χ0v) is 8.20. The number of rotatable bonds is 0. The number of hydrogen-bond donors (Lipinski definition) is 1. The Hall–Kier alpha value is -0.410. The minimum atomic E-state index is 0.372. The van der Waals surface area contributed by atoms with E-state index in [1.807, 2.05) is 0 Å². The minimum absolute atomic E-state index is 0.372. The minimum Gasteiger partial charge on any atom is -0.297 e. The van der Waals surface area contributed by atoms with E-state index in [-0.39, 0.29) is 0 Å². The van der Waals surface area contributed by atoms with E-state index in [0.29, 0.717) is 20.9 Å². The largest absolute Gasteiger partial charge is 0.297 e. The van der Waals surface area contributed by atoms with Crippen LogP contribution < -0.4 is 0 Å². The van der Waals surface area contributed by atoms with Gasteiger partial charge >= 0.3 is 0 Å². The van der Waals surface area contributed by atoms with Crippen LogP contribution >= 0.6 is 27.5 Å². The summed E-state index contributed by atoms with van der Waals surface area (Å²) in [5.74, 6) is 0. The van der Waals surface area contributed by atoms with Gasteiger partial charge in [0.1, 0.15) is 0 Å². The first-order valence-corrected chi connectivity index (χ1v) is 4.12. The predicted molar refractivity (Wildman–Crippen MR) is 52.0 cm³/mol. The second-order valence-electron chi connectivity index (χ2n) is 2.01. The maximum atomic E-state index is 7.49. The molecule has 0 unspecified atom stereocenters. The lowest BCUT2D eigenvalue weighted by molar-refractivity contribution is 1.44. The van der Waals surface area contributed by atoms with Crippen LogP contribution in [0.15, 0.2) is 26.7 Å². The van der Waals surface area contributed by atoms with Crippen molar-refractivity contribution in [3.8, 4) is 0 Å². The molecule has 0 fully saturated rings. The molecule has 0 radical (unpaired) electrons. The summed E-state index contributed by atoms with van der Waals surface area (Å²) < 4.78 is 0.672. The molecule has 0 amide bonds. The molecule has 2 nitrogen and oxygen atoms in total. The van der Waals surface area contributed by atoms with E-state index in [9.17, 15) is 0 Å². The van der Waals surface area contributed by atoms with Crippen molar-refractivity contribution in [2.75, 3.05) is 7.05 Å². The molecule has 0 aromatic heterocycles. The summed E-state index contributed by atoms with van der Waals surface area (Å²) in [6.07, 6.45) is 3.34. The van der Waals surface area contributed by atoms with Gasteiger partial charge in [-0.25, -0.2) is 0 Å². The summed E-state index contributed by atoms with van der Waals surface area (Å²) in [5, 5.41) is 8.08. The highest BCUT2D eigenvalue weighted by molar-refractivity contribution is 9.12. The van der Waals surface area contributed by atoms with Gasteiger partial charge in [0.05, 0.1) is 11.4 Å². The zero-order chi connectivity index (χ0) is 8.43. The SMILES string of the molecule is C/N=C1/C=C(Cl)C=C(Br)C1=N. The molecule has 0 saturated carbocycles. The maximum absolute atomic E-state index is 7.49. The number of allylic oxidation sites excluding steroid dienone is 4. The van der Waals surface area contributed by atoms with Crippen LogP contribution in [0.1, 0.15) is 0 Å².